The van der Waals surface area contributed by atoms with Crippen molar-refractivity contribution in [3.8, 4) is 0 Å². The Hall–Kier alpha value is -1.62. The molecule has 0 aliphatic heterocycles. The van der Waals surface area contributed by atoms with Crippen LogP contribution in [0.2, 0.25) is 0 Å². The maximum atomic E-state index is 11.8. The number of carbonyl (C=O) groups is 1. The van der Waals surface area contributed by atoms with Gasteiger partial charge in [0.2, 0.25) is 0 Å². The van der Waals surface area contributed by atoms with Crippen molar-refractivity contribution in [2.24, 2.45) is 5.84 Å². The van der Waals surface area contributed by atoms with E-state index in [0.717, 1.165) is 12.8 Å². The van der Waals surface area contributed by atoms with E-state index in [2.05, 4.69) is 22.7 Å². The minimum Gasteiger partial charge on any atom is -0.351 e. The topological polar surface area (TPSA) is 80.0 Å². The van der Waals surface area contributed by atoms with Gasteiger partial charge in [0, 0.05) is 6.54 Å². The monoisotopic (exact) mass is 264 g/mol. The fourth-order valence-electron chi connectivity index (χ4n) is 1.84. The van der Waals surface area contributed by atoms with Crippen molar-refractivity contribution in [1.82, 2.24) is 10.3 Å². The van der Waals surface area contributed by atoms with Gasteiger partial charge in [-0.25, -0.2) is 10.8 Å². The van der Waals surface area contributed by atoms with Crippen molar-refractivity contribution in [2.45, 2.75) is 45.4 Å². The van der Waals surface area contributed by atoms with Gasteiger partial charge in [-0.3, -0.25) is 4.79 Å². The average molecular weight is 264 g/mol. The van der Waals surface area contributed by atoms with Crippen LogP contribution in [-0.2, 0) is 0 Å². The fraction of sp³-hybridized carbons (Fsp3) is 0.571. The number of rotatable bonds is 9. The molecule has 19 heavy (non-hydrogen) atoms. The van der Waals surface area contributed by atoms with Gasteiger partial charge in [-0.15, -0.1) is 0 Å². The van der Waals surface area contributed by atoms with Crippen LogP contribution in [0.15, 0.2) is 18.2 Å². The molecule has 0 fully saturated rings. The quantitative estimate of drug-likeness (QED) is 0.363. The van der Waals surface area contributed by atoms with Gasteiger partial charge in [-0.2, -0.15) is 0 Å². The molecule has 0 aliphatic rings. The molecular formula is C14H24N4O. The molecule has 1 amide bonds. The normalized spacial score (nSPS) is 10.2. The summed E-state index contributed by atoms with van der Waals surface area (Å²) in [6, 6.07) is 5.14. The maximum Gasteiger partial charge on any atom is 0.269 e. The number of unbranched alkanes of at least 4 members (excludes halogenated alkanes) is 5. The van der Waals surface area contributed by atoms with E-state index in [4.69, 9.17) is 5.84 Å². The summed E-state index contributed by atoms with van der Waals surface area (Å²) in [5, 5.41) is 2.87. The molecular weight excluding hydrogens is 240 g/mol. The van der Waals surface area contributed by atoms with Crippen molar-refractivity contribution in [3.05, 3.63) is 23.9 Å². The molecule has 1 rings (SSSR count). The van der Waals surface area contributed by atoms with Crippen LogP contribution in [0.4, 0.5) is 5.82 Å². The number of hydrogen-bond acceptors (Lipinski definition) is 4. The molecule has 1 aromatic rings. The van der Waals surface area contributed by atoms with Crippen molar-refractivity contribution in [1.29, 1.82) is 0 Å². The zero-order valence-corrected chi connectivity index (χ0v) is 11.6. The number of nitrogens with two attached hydrogens (primary N) is 1. The Morgan fingerprint density at radius 2 is 1.95 bits per heavy atom. The number of anilines is 1. The SMILES string of the molecule is CCCCCCCCNC(=O)c1cccc(NN)n1. The molecule has 0 spiro atoms. The fourth-order valence-corrected chi connectivity index (χ4v) is 1.84. The van der Waals surface area contributed by atoms with Crippen LogP contribution < -0.4 is 16.6 Å². The Bertz CT molecular complexity index is 381. The van der Waals surface area contributed by atoms with Crippen LogP contribution >= 0.6 is 0 Å². The third-order valence-corrected chi connectivity index (χ3v) is 2.95. The van der Waals surface area contributed by atoms with E-state index in [0.29, 0.717) is 18.1 Å². The molecule has 0 radical (unpaired) electrons. The zero-order chi connectivity index (χ0) is 13.9. The first-order chi connectivity index (χ1) is 9.27. The molecule has 0 saturated carbocycles. The first kappa shape index (κ1) is 15.4. The van der Waals surface area contributed by atoms with Gasteiger partial charge in [0.1, 0.15) is 11.5 Å². The van der Waals surface area contributed by atoms with Gasteiger partial charge in [0.05, 0.1) is 0 Å². The van der Waals surface area contributed by atoms with Crippen molar-refractivity contribution < 1.29 is 4.79 Å². The Labute approximate surface area is 115 Å². The molecule has 0 unspecified atom stereocenters. The predicted octanol–water partition coefficient (Wildman–Crippen LogP) is 2.46. The van der Waals surface area contributed by atoms with Crippen LogP contribution in [0, 0.1) is 0 Å². The molecule has 1 heterocycles. The van der Waals surface area contributed by atoms with Gasteiger partial charge in [0.25, 0.3) is 5.91 Å². The summed E-state index contributed by atoms with van der Waals surface area (Å²) in [4.78, 5) is 15.9. The third kappa shape index (κ3) is 6.20. The van der Waals surface area contributed by atoms with E-state index < -0.39 is 0 Å². The molecule has 0 saturated heterocycles. The van der Waals surface area contributed by atoms with Crippen LogP contribution in [0.25, 0.3) is 0 Å². The summed E-state index contributed by atoms with van der Waals surface area (Å²) in [5.41, 5.74) is 2.82. The van der Waals surface area contributed by atoms with E-state index in [1.807, 2.05) is 0 Å². The number of carbonyl (C=O) groups excluding carboxylic acids is 1. The largest absolute Gasteiger partial charge is 0.351 e. The molecule has 1 aromatic heterocycles. The lowest BCUT2D eigenvalue weighted by Crippen LogP contribution is -2.25. The molecule has 0 bridgehead atoms. The lowest BCUT2D eigenvalue weighted by molar-refractivity contribution is 0.0948. The maximum absolute atomic E-state index is 11.8. The number of hydrazine groups is 1. The number of aromatic nitrogens is 1. The van der Waals surface area contributed by atoms with Crippen molar-refractivity contribution in [3.63, 3.8) is 0 Å². The van der Waals surface area contributed by atoms with Gasteiger partial charge in [0.15, 0.2) is 0 Å². The molecule has 5 nitrogen and oxygen atoms in total. The highest BCUT2D eigenvalue weighted by atomic mass is 16.1. The molecule has 106 valence electrons. The lowest BCUT2D eigenvalue weighted by atomic mass is 10.1. The van der Waals surface area contributed by atoms with E-state index >= 15 is 0 Å². The number of nitrogen functional groups attached to an aromatic ring is 1. The Balaban J connectivity index is 2.20. The molecule has 0 atom stereocenters. The van der Waals surface area contributed by atoms with Crippen molar-refractivity contribution in [2.75, 3.05) is 12.0 Å². The molecule has 0 aromatic carbocycles. The van der Waals surface area contributed by atoms with Gasteiger partial charge < -0.3 is 10.7 Å². The Morgan fingerprint density at radius 3 is 2.68 bits per heavy atom. The first-order valence-electron chi connectivity index (χ1n) is 6.99. The summed E-state index contributed by atoms with van der Waals surface area (Å²) >= 11 is 0. The molecule has 4 N–H and O–H groups in total. The minimum atomic E-state index is -0.148. The molecule has 5 heteroatoms. The number of nitrogens with zero attached hydrogens (tertiary/aromatic N) is 1. The second kappa shape index (κ2) is 9.33. The van der Waals surface area contributed by atoms with Crippen LogP contribution in [0.3, 0.4) is 0 Å². The number of pyridine rings is 1. The van der Waals surface area contributed by atoms with Gasteiger partial charge in [-0.1, -0.05) is 45.1 Å². The van der Waals surface area contributed by atoms with E-state index in [1.165, 1.54) is 25.7 Å². The zero-order valence-electron chi connectivity index (χ0n) is 11.6. The standard InChI is InChI=1S/C14H24N4O/c1-2-3-4-5-6-7-11-16-14(19)12-9-8-10-13(17-12)18-15/h8-10H,2-7,11,15H2,1H3,(H,16,19)(H,17,18). The number of amides is 1. The van der Waals surface area contributed by atoms with Gasteiger partial charge >= 0.3 is 0 Å². The number of hydrogen-bond donors (Lipinski definition) is 3. The highest BCUT2D eigenvalue weighted by Gasteiger charge is 2.06. The molecule has 0 aliphatic carbocycles. The lowest BCUT2D eigenvalue weighted by Gasteiger charge is -2.06. The highest BCUT2D eigenvalue weighted by Crippen LogP contribution is 2.05. The smallest absolute Gasteiger partial charge is 0.269 e. The summed E-state index contributed by atoms with van der Waals surface area (Å²) in [5.74, 6) is 5.60. The second-order valence-electron chi connectivity index (χ2n) is 4.58. The van der Waals surface area contributed by atoms with E-state index in [1.54, 1.807) is 18.2 Å². The Morgan fingerprint density at radius 1 is 1.21 bits per heavy atom. The summed E-state index contributed by atoms with van der Waals surface area (Å²) in [6.07, 6.45) is 7.27. The first-order valence-corrected chi connectivity index (χ1v) is 6.99. The highest BCUT2D eigenvalue weighted by molar-refractivity contribution is 5.92. The van der Waals surface area contributed by atoms with Gasteiger partial charge in [-0.05, 0) is 18.6 Å². The minimum absolute atomic E-state index is 0.148. The van der Waals surface area contributed by atoms with Crippen LogP contribution in [0.5, 0.6) is 0 Å². The second-order valence-corrected chi connectivity index (χ2v) is 4.58. The van der Waals surface area contributed by atoms with E-state index in [9.17, 15) is 4.79 Å². The van der Waals surface area contributed by atoms with Crippen molar-refractivity contribution >= 4 is 11.7 Å². The third-order valence-electron chi connectivity index (χ3n) is 2.95. The summed E-state index contributed by atoms with van der Waals surface area (Å²) in [6.45, 7) is 2.91. The van der Waals surface area contributed by atoms with E-state index in [-0.39, 0.29) is 5.91 Å². The summed E-state index contributed by atoms with van der Waals surface area (Å²) < 4.78 is 0. The van der Waals surface area contributed by atoms with Crippen LogP contribution in [-0.4, -0.2) is 17.4 Å². The van der Waals surface area contributed by atoms with Crippen LogP contribution in [0.1, 0.15) is 55.9 Å². The number of nitrogens with one attached hydrogen (secondary N) is 2. The summed E-state index contributed by atoms with van der Waals surface area (Å²) in [7, 11) is 0. The Kier molecular flexibility index (Phi) is 7.58. The average Bonchev–Trinajstić information content (AvgIpc) is 2.46. The predicted molar refractivity (Wildman–Crippen MR) is 77.8 cm³/mol.